The van der Waals surface area contributed by atoms with E-state index in [1.807, 2.05) is 5.43 Å². The zero-order chi connectivity index (χ0) is 7.40. The topological polar surface area (TPSA) is 81.1 Å². The molecule has 54 valence electrons. The van der Waals surface area contributed by atoms with Crippen LogP contribution in [-0.2, 0) is 11.2 Å². The summed E-state index contributed by atoms with van der Waals surface area (Å²) < 4.78 is 4.78. The summed E-state index contributed by atoms with van der Waals surface area (Å²) in [4.78, 5) is 14.3. The molecule has 0 saturated carbocycles. The molecule has 0 atom stereocenters. The van der Waals surface area contributed by atoms with Gasteiger partial charge in [-0.05, 0) is 0 Å². The SMILES string of the molecule is NNC(=O)Cc1ncco1. The Morgan fingerprint density at radius 2 is 2.70 bits per heavy atom. The molecule has 5 nitrogen and oxygen atoms in total. The third-order valence-corrected chi connectivity index (χ3v) is 0.956. The van der Waals surface area contributed by atoms with Crippen LogP contribution in [0.1, 0.15) is 5.89 Å². The summed E-state index contributed by atoms with van der Waals surface area (Å²) in [7, 11) is 0. The van der Waals surface area contributed by atoms with E-state index in [4.69, 9.17) is 10.3 Å². The first-order chi connectivity index (χ1) is 4.83. The average molecular weight is 141 g/mol. The highest BCUT2D eigenvalue weighted by atomic mass is 16.3. The number of amides is 1. The number of hydrogen-bond acceptors (Lipinski definition) is 4. The normalized spacial score (nSPS) is 9.30. The highest BCUT2D eigenvalue weighted by Crippen LogP contribution is 1.93. The van der Waals surface area contributed by atoms with Gasteiger partial charge in [-0.25, -0.2) is 10.8 Å². The van der Waals surface area contributed by atoms with Gasteiger partial charge >= 0.3 is 0 Å². The molecule has 0 radical (unpaired) electrons. The van der Waals surface area contributed by atoms with Crippen molar-refractivity contribution < 1.29 is 9.21 Å². The number of hydrazine groups is 1. The van der Waals surface area contributed by atoms with Gasteiger partial charge in [0.15, 0.2) is 0 Å². The third-order valence-electron chi connectivity index (χ3n) is 0.956. The molecule has 0 saturated heterocycles. The van der Waals surface area contributed by atoms with Crippen LogP contribution < -0.4 is 11.3 Å². The van der Waals surface area contributed by atoms with Crippen molar-refractivity contribution in [1.29, 1.82) is 0 Å². The molecular weight excluding hydrogens is 134 g/mol. The molecule has 0 aromatic carbocycles. The van der Waals surface area contributed by atoms with Crippen molar-refractivity contribution in [3.8, 4) is 0 Å². The Morgan fingerprint density at radius 1 is 1.90 bits per heavy atom. The molecule has 0 aliphatic carbocycles. The van der Waals surface area contributed by atoms with E-state index in [0.717, 1.165) is 0 Å². The summed E-state index contributed by atoms with van der Waals surface area (Å²) in [5.74, 6) is 4.87. The first-order valence-electron chi connectivity index (χ1n) is 2.70. The number of oxazole rings is 1. The van der Waals surface area contributed by atoms with Crippen molar-refractivity contribution in [3.63, 3.8) is 0 Å². The van der Waals surface area contributed by atoms with Gasteiger partial charge in [-0.3, -0.25) is 10.2 Å². The second kappa shape index (κ2) is 2.98. The summed E-state index contributed by atoms with van der Waals surface area (Å²) in [6, 6.07) is 0. The van der Waals surface area contributed by atoms with Gasteiger partial charge in [0.25, 0.3) is 0 Å². The number of rotatable bonds is 2. The predicted octanol–water partition coefficient (Wildman–Crippen LogP) is -0.793. The number of nitrogens with one attached hydrogen (secondary N) is 1. The Kier molecular flexibility index (Phi) is 2.01. The van der Waals surface area contributed by atoms with Gasteiger partial charge in [-0.2, -0.15) is 0 Å². The smallest absolute Gasteiger partial charge is 0.243 e. The van der Waals surface area contributed by atoms with Crippen LogP contribution in [0.5, 0.6) is 0 Å². The largest absolute Gasteiger partial charge is 0.448 e. The molecule has 3 N–H and O–H groups in total. The fourth-order valence-electron chi connectivity index (χ4n) is 0.529. The van der Waals surface area contributed by atoms with Gasteiger partial charge in [0.1, 0.15) is 12.7 Å². The summed E-state index contributed by atoms with van der Waals surface area (Å²) in [5, 5.41) is 0. The number of carbonyl (C=O) groups excluding carboxylic acids is 1. The van der Waals surface area contributed by atoms with Crippen molar-refractivity contribution >= 4 is 5.91 Å². The molecular formula is C5H7N3O2. The summed E-state index contributed by atoms with van der Waals surface area (Å²) >= 11 is 0. The van der Waals surface area contributed by atoms with Crippen LogP contribution >= 0.6 is 0 Å². The van der Waals surface area contributed by atoms with Gasteiger partial charge < -0.3 is 4.42 Å². The van der Waals surface area contributed by atoms with Crippen LogP contribution in [0.4, 0.5) is 0 Å². The summed E-state index contributed by atoms with van der Waals surface area (Å²) in [5.41, 5.74) is 1.96. The molecule has 0 aliphatic rings. The van der Waals surface area contributed by atoms with Crippen LogP contribution in [0, 0.1) is 0 Å². The third kappa shape index (κ3) is 1.56. The van der Waals surface area contributed by atoms with Crippen molar-refractivity contribution in [2.75, 3.05) is 0 Å². The number of nitrogens with two attached hydrogens (primary N) is 1. The fraction of sp³-hybridized carbons (Fsp3) is 0.200. The lowest BCUT2D eigenvalue weighted by atomic mass is 10.4. The molecule has 1 aromatic heterocycles. The molecule has 0 fully saturated rings. The minimum Gasteiger partial charge on any atom is -0.448 e. The van der Waals surface area contributed by atoms with Gasteiger partial charge in [-0.1, -0.05) is 0 Å². The lowest BCUT2D eigenvalue weighted by Crippen LogP contribution is -2.31. The Balaban J connectivity index is 2.48. The molecule has 10 heavy (non-hydrogen) atoms. The Morgan fingerprint density at radius 3 is 3.20 bits per heavy atom. The van der Waals surface area contributed by atoms with Crippen LogP contribution in [0.25, 0.3) is 0 Å². The molecule has 5 heteroatoms. The van der Waals surface area contributed by atoms with Gasteiger partial charge in [0.2, 0.25) is 11.8 Å². The lowest BCUT2D eigenvalue weighted by molar-refractivity contribution is -0.120. The standard InChI is InChI=1S/C5H7N3O2/c6-8-4(9)3-5-7-1-2-10-5/h1-2H,3,6H2,(H,8,9). The molecule has 0 spiro atoms. The van der Waals surface area contributed by atoms with E-state index >= 15 is 0 Å². The molecule has 1 rings (SSSR count). The number of nitrogens with zero attached hydrogens (tertiary/aromatic N) is 1. The van der Waals surface area contributed by atoms with Crippen LogP contribution in [0.15, 0.2) is 16.9 Å². The van der Waals surface area contributed by atoms with E-state index in [-0.39, 0.29) is 12.3 Å². The molecule has 0 unspecified atom stereocenters. The first kappa shape index (κ1) is 6.76. The van der Waals surface area contributed by atoms with Crippen molar-refractivity contribution in [1.82, 2.24) is 10.4 Å². The monoisotopic (exact) mass is 141 g/mol. The van der Waals surface area contributed by atoms with Crippen molar-refractivity contribution in [2.45, 2.75) is 6.42 Å². The number of aromatic nitrogens is 1. The number of hydrogen-bond donors (Lipinski definition) is 2. The van der Waals surface area contributed by atoms with E-state index in [1.54, 1.807) is 0 Å². The van der Waals surface area contributed by atoms with E-state index in [1.165, 1.54) is 12.5 Å². The molecule has 1 heterocycles. The van der Waals surface area contributed by atoms with Crippen molar-refractivity contribution in [3.05, 3.63) is 18.4 Å². The minimum atomic E-state index is -0.317. The lowest BCUT2D eigenvalue weighted by Gasteiger charge is -1.92. The van der Waals surface area contributed by atoms with Gasteiger partial charge in [0, 0.05) is 0 Å². The average Bonchev–Trinajstić information content (AvgIpc) is 2.40. The van der Waals surface area contributed by atoms with Gasteiger partial charge in [0.05, 0.1) is 6.20 Å². The van der Waals surface area contributed by atoms with E-state index in [0.29, 0.717) is 5.89 Å². The first-order valence-corrected chi connectivity index (χ1v) is 2.70. The van der Waals surface area contributed by atoms with Gasteiger partial charge in [-0.15, -0.1) is 0 Å². The summed E-state index contributed by atoms with van der Waals surface area (Å²) in [6.07, 6.45) is 2.96. The Hall–Kier alpha value is -1.36. The van der Waals surface area contributed by atoms with Crippen LogP contribution in [0.3, 0.4) is 0 Å². The Labute approximate surface area is 57.2 Å². The highest BCUT2D eigenvalue weighted by molar-refractivity contribution is 5.76. The minimum absolute atomic E-state index is 0.0868. The molecule has 1 amide bonds. The zero-order valence-electron chi connectivity index (χ0n) is 5.20. The maximum atomic E-state index is 10.5. The van der Waals surface area contributed by atoms with E-state index < -0.39 is 0 Å². The van der Waals surface area contributed by atoms with Crippen molar-refractivity contribution in [2.24, 2.45) is 5.84 Å². The fourth-order valence-corrected chi connectivity index (χ4v) is 0.529. The maximum Gasteiger partial charge on any atom is 0.243 e. The molecule has 0 bridgehead atoms. The predicted molar refractivity (Wildman–Crippen MR) is 32.5 cm³/mol. The van der Waals surface area contributed by atoms with Crippen LogP contribution in [0.2, 0.25) is 0 Å². The van der Waals surface area contributed by atoms with E-state index in [2.05, 4.69) is 4.98 Å². The second-order valence-electron chi connectivity index (χ2n) is 1.67. The zero-order valence-corrected chi connectivity index (χ0v) is 5.20. The molecule has 1 aromatic rings. The quantitative estimate of drug-likeness (QED) is 0.321. The van der Waals surface area contributed by atoms with Crippen LogP contribution in [-0.4, -0.2) is 10.9 Å². The molecule has 0 aliphatic heterocycles. The maximum absolute atomic E-state index is 10.5. The highest BCUT2D eigenvalue weighted by Gasteiger charge is 2.03. The second-order valence-corrected chi connectivity index (χ2v) is 1.67. The van der Waals surface area contributed by atoms with E-state index in [9.17, 15) is 4.79 Å². The Bertz CT molecular complexity index is 207. The summed E-state index contributed by atoms with van der Waals surface area (Å²) in [6.45, 7) is 0. The number of carbonyl (C=O) groups is 1.